The fourth-order valence-corrected chi connectivity index (χ4v) is 3.86. The van der Waals surface area contributed by atoms with Crippen LogP contribution in [0.4, 0.5) is 0 Å². The highest BCUT2D eigenvalue weighted by molar-refractivity contribution is 6.10. The number of benzene rings is 1. The first-order valence-corrected chi connectivity index (χ1v) is 9.50. The molecule has 3 unspecified atom stereocenters. The number of nitrogens with zero attached hydrogens (tertiary/aromatic N) is 3. The molecule has 3 rings (SSSR count). The number of ketones is 1. The van der Waals surface area contributed by atoms with Gasteiger partial charge in [0.2, 0.25) is 11.7 Å². The molecule has 0 spiro atoms. The number of rotatable bonds is 6. The van der Waals surface area contributed by atoms with E-state index in [4.69, 9.17) is 14.2 Å². The third-order valence-corrected chi connectivity index (χ3v) is 5.46. The van der Waals surface area contributed by atoms with E-state index in [1.54, 1.807) is 40.2 Å². The Labute approximate surface area is 170 Å². The Morgan fingerprint density at radius 3 is 2.21 bits per heavy atom. The molecule has 1 amide bonds. The van der Waals surface area contributed by atoms with Crippen LogP contribution in [0.5, 0.6) is 17.2 Å². The molecule has 3 atom stereocenters. The monoisotopic (exact) mass is 401 g/mol. The van der Waals surface area contributed by atoms with Crippen molar-refractivity contribution in [1.29, 1.82) is 0 Å². The molecule has 0 radical (unpaired) electrons. The SMILES string of the molecule is CCN1C(/C=C/c2cc(OC)c(OC)c(OC)c2)=NC2C1C(=O)C(C)C(=O)N2C. The Morgan fingerprint density at radius 1 is 1.07 bits per heavy atom. The predicted molar refractivity (Wildman–Crippen MR) is 109 cm³/mol. The molecule has 2 aliphatic heterocycles. The van der Waals surface area contributed by atoms with Crippen LogP contribution in [0, 0.1) is 5.92 Å². The number of piperidine rings is 1. The molecule has 0 saturated carbocycles. The van der Waals surface area contributed by atoms with E-state index in [1.807, 2.05) is 36.1 Å². The van der Waals surface area contributed by atoms with Gasteiger partial charge in [0.15, 0.2) is 23.4 Å². The maximum Gasteiger partial charge on any atom is 0.234 e. The summed E-state index contributed by atoms with van der Waals surface area (Å²) in [6.07, 6.45) is 3.23. The Bertz CT molecular complexity index is 854. The van der Waals surface area contributed by atoms with E-state index in [0.717, 1.165) is 5.56 Å². The summed E-state index contributed by atoms with van der Waals surface area (Å²) in [6, 6.07) is 3.22. The summed E-state index contributed by atoms with van der Waals surface area (Å²) in [4.78, 5) is 33.3. The number of hydrogen-bond donors (Lipinski definition) is 0. The maximum absolute atomic E-state index is 12.8. The molecule has 2 heterocycles. The summed E-state index contributed by atoms with van der Waals surface area (Å²) in [6.45, 7) is 4.24. The van der Waals surface area contributed by atoms with Crippen molar-refractivity contribution in [3.63, 3.8) is 0 Å². The van der Waals surface area contributed by atoms with Crippen LogP contribution >= 0.6 is 0 Å². The first-order valence-electron chi connectivity index (χ1n) is 9.50. The van der Waals surface area contributed by atoms with Crippen molar-refractivity contribution in [2.75, 3.05) is 34.9 Å². The number of ether oxygens (including phenoxy) is 3. The third-order valence-electron chi connectivity index (χ3n) is 5.46. The number of aliphatic imine (C=N–C) groups is 1. The van der Waals surface area contributed by atoms with Crippen molar-refractivity contribution < 1.29 is 23.8 Å². The summed E-state index contributed by atoms with van der Waals surface area (Å²) in [7, 11) is 6.38. The van der Waals surface area contributed by atoms with Crippen LogP contribution in [0.3, 0.4) is 0 Å². The van der Waals surface area contributed by atoms with Gasteiger partial charge in [-0.1, -0.05) is 6.08 Å². The molecule has 0 bridgehead atoms. The van der Waals surface area contributed by atoms with Crippen molar-refractivity contribution in [1.82, 2.24) is 9.80 Å². The lowest BCUT2D eigenvalue weighted by Gasteiger charge is -2.38. The van der Waals surface area contributed by atoms with E-state index in [-0.39, 0.29) is 11.7 Å². The second kappa shape index (κ2) is 8.14. The minimum absolute atomic E-state index is 0.0834. The van der Waals surface area contributed by atoms with Gasteiger partial charge in [-0.25, -0.2) is 4.99 Å². The van der Waals surface area contributed by atoms with E-state index in [9.17, 15) is 9.59 Å². The Kier molecular flexibility index (Phi) is 5.81. The van der Waals surface area contributed by atoms with Crippen molar-refractivity contribution in [3.05, 3.63) is 23.8 Å². The maximum atomic E-state index is 12.8. The summed E-state index contributed by atoms with van der Waals surface area (Å²) in [5, 5.41) is 0. The number of fused-ring (bicyclic) bond motifs is 1. The van der Waals surface area contributed by atoms with Crippen LogP contribution in [-0.4, -0.2) is 74.5 Å². The standard InChI is InChI=1S/C21H27N3O5/c1-7-24-16(22-20-17(24)18(25)12(2)21(26)23(20)3)9-8-13-10-14(27-4)19(29-6)15(11-13)28-5/h8-12,17,20H,7H2,1-6H3/b9-8+. The molecule has 29 heavy (non-hydrogen) atoms. The normalized spacial score (nSPS) is 24.1. The average molecular weight is 401 g/mol. The highest BCUT2D eigenvalue weighted by atomic mass is 16.5. The number of amides is 1. The zero-order chi connectivity index (χ0) is 21.3. The molecule has 8 nitrogen and oxygen atoms in total. The van der Waals surface area contributed by atoms with Gasteiger partial charge in [-0.05, 0) is 37.6 Å². The Hall–Kier alpha value is -3.03. The molecular formula is C21H27N3O5. The zero-order valence-corrected chi connectivity index (χ0v) is 17.6. The van der Waals surface area contributed by atoms with Crippen LogP contribution in [-0.2, 0) is 9.59 Å². The van der Waals surface area contributed by atoms with Crippen LogP contribution in [0.1, 0.15) is 19.4 Å². The molecule has 1 aromatic carbocycles. The van der Waals surface area contributed by atoms with Crippen LogP contribution in [0.15, 0.2) is 23.2 Å². The molecule has 8 heteroatoms. The molecule has 1 fully saturated rings. The van der Waals surface area contributed by atoms with Crippen molar-refractivity contribution >= 4 is 23.6 Å². The topological polar surface area (TPSA) is 80.7 Å². The van der Waals surface area contributed by atoms with Crippen LogP contribution in [0.2, 0.25) is 0 Å². The number of amidine groups is 1. The molecule has 156 valence electrons. The second-order valence-electron chi connectivity index (χ2n) is 7.00. The number of methoxy groups -OCH3 is 3. The quantitative estimate of drug-likeness (QED) is 0.677. The number of Topliss-reactive ketones (excluding diaryl/α,β-unsaturated/α-hetero) is 1. The summed E-state index contributed by atoms with van der Waals surface area (Å²) >= 11 is 0. The van der Waals surface area contributed by atoms with E-state index in [1.165, 1.54) is 0 Å². The molecule has 2 aliphatic rings. The van der Waals surface area contributed by atoms with Crippen LogP contribution < -0.4 is 14.2 Å². The molecule has 0 N–H and O–H groups in total. The number of carbonyl (C=O) groups excluding carboxylic acids is 2. The lowest BCUT2D eigenvalue weighted by molar-refractivity contribution is -0.150. The van der Waals surface area contributed by atoms with Crippen LogP contribution in [0.25, 0.3) is 6.08 Å². The summed E-state index contributed by atoms with van der Waals surface area (Å²) in [5.74, 6) is 1.37. The minimum atomic E-state index is -0.649. The van der Waals surface area contributed by atoms with Gasteiger partial charge >= 0.3 is 0 Å². The minimum Gasteiger partial charge on any atom is -0.493 e. The van der Waals surface area contributed by atoms with Crippen molar-refractivity contribution in [2.24, 2.45) is 10.9 Å². The second-order valence-corrected chi connectivity index (χ2v) is 7.00. The first-order chi connectivity index (χ1) is 13.9. The Balaban J connectivity index is 1.94. The largest absolute Gasteiger partial charge is 0.493 e. The number of carbonyl (C=O) groups is 2. The highest BCUT2D eigenvalue weighted by Crippen LogP contribution is 2.38. The lowest BCUT2D eigenvalue weighted by atomic mass is 9.91. The smallest absolute Gasteiger partial charge is 0.234 e. The van der Waals surface area contributed by atoms with E-state index in [0.29, 0.717) is 29.6 Å². The number of likely N-dealkylation sites (tertiary alicyclic amines) is 1. The summed E-state index contributed by atoms with van der Waals surface area (Å²) in [5.41, 5.74) is 0.831. The Morgan fingerprint density at radius 2 is 1.69 bits per heavy atom. The highest BCUT2D eigenvalue weighted by Gasteiger charge is 2.50. The van der Waals surface area contributed by atoms with Gasteiger partial charge in [0, 0.05) is 13.6 Å². The van der Waals surface area contributed by atoms with Crippen molar-refractivity contribution in [3.8, 4) is 17.2 Å². The van der Waals surface area contributed by atoms with Gasteiger partial charge in [0.05, 0.1) is 27.2 Å². The fraction of sp³-hybridized carbons (Fsp3) is 0.476. The van der Waals surface area contributed by atoms with E-state index < -0.39 is 18.1 Å². The van der Waals surface area contributed by atoms with Gasteiger partial charge < -0.3 is 24.0 Å². The van der Waals surface area contributed by atoms with Gasteiger partial charge in [-0.3, -0.25) is 9.59 Å². The lowest BCUT2D eigenvalue weighted by Crippen LogP contribution is -2.60. The van der Waals surface area contributed by atoms with Gasteiger partial charge in [-0.2, -0.15) is 0 Å². The molecular weight excluding hydrogens is 374 g/mol. The first kappa shape index (κ1) is 20.7. The fourth-order valence-electron chi connectivity index (χ4n) is 3.86. The molecule has 1 saturated heterocycles. The van der Waals surface area contributed by atoms with E-state index >= 15 is 0 Å². The van der Waals surface area contributed by atoms with Gasteiger partial charge in [0.1, 0.15) is 11.9 Å². The number of likely N-dealkylation sites (N-methyl/N-ethyl adjacent to an activating group) is 2. The zero-order valence-electron chi connectivity index (χ0n) is 17.6. The molecule has 0 aliphatic carbocycles. The van der Waals surface area contributed by atoms with Gasteiger partial charge in [0.25, 0.3) is 0 Å². The van der Waals surface area contributed by atoms with E-state index in [2.05, 4.69) is 4.99 Å². The average Bonchev–Trinajstić information content (AvgIpc) is 3.12. The molecule has 0 aromatic heterocycles. The predicted octanol–water partition coefficient (Wildman–Crippen LogP) is 1.83. The third kappa shape index (κ3) is 3.43. The van der Waals surface area contributed by atoms with Crippen molar-refractivity contribution in [2.45, 2.75) is 26.1 Å². The van der Waals surface area contributed by atoms with Gasteiger partial charge in [-0.15, -0.1) is 0 Å². The summed E-state index contributed by atoms with van der Waals surface area (Å²) < 4.78 is 16.1. The molecule has 1 aromatic rings. The number of hydrogen-bond acceptors (Lipinski definition) is 7.